The number of hydrogen-bond acceptors (Lipinski definition) is 3. The van der Waals surface area contributed by atoms with Gasteiger partial charge in [0.15, 0.2) is 0 Å². The highest BCUT2D eigenvalue weighted by molar-refractivity contribution is 6.31. The molecule has 1 aliphatic rings. The van der Waals surface area contributed by atoms with Crippen LogP contribution in [0.4, 0.5) is 0 Å². The smallest absolute Gasteiger partial charge is 0.254 e. The Morgan fingerprint density at radius 1 is 1.27 bits per heavy atom. The van der Waals surface area contributed by atoms with Gasteiger partial charge in [0, 0.05) is 23.7 Å². The number of carbonyl (C=O) groups is 1. The van der Waals surface area contributed by atoms with Crippen LogP contribution in [-0.2, 0) is 4.74 Å². The molecular formula is C21H24ClNO3. The van der Waals surface area contributed by atoms with Gasteiger partial charge in [-0.05, 0) is 49.6 Å². The van der Waals surface area contributed by atoms with Crippen LogP contribution in [0.3, 0.4) is 0 Å². The van der Waals surface area contributed by atoms with Gasteiger partial charge < -0.3 is 14.4 Å². The molecule has 0 spiro atoms. The number of aryl methyl sites for hydroxylation is 1. The highest BCUT2D eigenvalue weighted by Gasteiger charge is 2.23. The molecule has 0 radical (unpaired) electrons. The Bertz CT molecular complexity index is 729. The Morgan fingerprint density at radius 2 is 2.08 bits per heavy atom. The summed E-state index contributed by atoms with van der Waals surface area (Å²) in [5, 5.41) is 0.605. The number of ether oxygens (including phenoxy) is 2. The molecule has 2 aromatic carbocycles. The van der Waals surface area contributed by atoms with Crippen LogP contribution >= 0.6 is 11.6 Å². The summed E-state index contributed by atoms with van der Waals surface area (Å²) in [4.78, 5) is 14.8. The molecule has 2 aromatic rings. The van der Waals surface area contributed by atoms with Crippen molar-refractivity contribution in [2.45, 2.75) is 25.9 Å². The fourth-order valence-electron chi connectivity index (χ4n) is 3.01. The summed E-state index contributed by atoms with van der Waals surface area (Å²) in [5.41, 5.74) is 1.56. The molecule has 0 aliphatic carbocycles. The van der Waals surface area contributed by atoms with Crippen LogP contribution < -0.4 is 4.74 Å². The third-order valence-corrected chi connectivity index (χ3v) is 4.93. The third-order valence-electron chi connectivity index (χ3n) is 4.53. The Hall–Kier alpha value is -2.04. The highest BCUT2D eigenvalue weighted by atomic mass is 35.5. The molecule has 0 aromatic heterocycles. The van der Waals surface area contributed by atoms with Gasteiger partial charge in [0.05, 0.1) is 12.6 Å². The zero-order chi connectivity index (χ0) is 18.4. The molecule has 0 bridgehead atoms. The van der Waals surface area contributed by atoms with Crippen molar-refractivity contribution in [2.75, 3.05) is 26.3 Å². The van der Waals surface area contributed by atoms with Crippen molar-refractivity contribution in [3.63, 3.8) is 0 Å². The summed E-state index contributed by atoms with van der Waals surface area (Å²) in [7, 11) is 0. The second-order valence-corrected chi connectivity index (χ2v) is 6.92. The Morgan fingerprint density at radius 3 is 2.77 bits per heavy atom. The summed E-state index contributed by atoms with van der Waals surface area (Å²) < 4.78 is 11.5. The molecule has 1 atom stereocenters. The number of amides is 1. The molecule has 5 heteroatoms. The average molecular weight is 374 g/mol. The molecular weight excluding hydrogens is 350 g/mol. The van der Waals surface area contributed by atoms with E-state index in [0.717, 1.165) is 30.8 Å². The van der Waals surface area contributed by atoms with Gasteiger partial charge in [0.2, 0.25) is 0 Å². The van der Waals surface area contributed by atoms with E-state index < -0.39 is 0 Å². The standard InChI is InChI=1S/C21H24ClNO3/c1-16-9-10-17(14-20(16)22)21(24)23(15-19-8-5-12-25-19)11-13-26-18-6-3-2-4-7-18/h2-4,6-7,9-10,14,19H,5,8,11-13,15H2,1H3. The predicted molar refractivity (Wildman–Crippen MR) is 103 cm³/mol. The number of hydrogen-bond donors (Lipinski definition) is 0. The van der Waals surface area contributed by atoms with Crippen LogP contribution in [0.5, 0.6) is 5.75 Å². The third kappa shape index (κ3) is 4.99. The van der Waals surface area contributed by atoms with Gasteiger partial charge in [0.1, 0.15) is 12.4 Å². The van der Waals surface area contributed by atoms with E-state index in [1.165, 1.54) is 0 Å². The van der Waals surface area contributed by atoms with Gasteiger partial charge in [-0.2, -0.15) is 0 Å². The second kappa shape index (κ2) is 9.06. The maximum Gasteiger partial charge on any atom is 0.254 e. The van der Waals surface area contributed by atoms with Gasteiger partial charge >= 0.3 is 0 Å². The lowest BCUT2D eigenvalue weighted by atomic mass is 10.1. The van der Waals surface area contributed by atoms with E-state index in [0.29, 0.717) is 30.3 Å². The Kier molecular flexibility index (Phi) is 6.53. The van der Waals surface area contributed by atoms with Crippen LogP contribution in [0.2, 0.25) is 5.02 Å². The van der Waals surface area contributed by atoms with Gasteiger partial charge in [-0.1, -0.05) is 35.9 Å². The van der Waals surface area contributed by atoms with Crippen LogP contribution in [0.15, 0.2) is 48.5 Å². The molecule has 1 heterocycles. The molecule has 1 unspecified atom stereocenters. The van der Waals surface area contributed by atoms with Crippen molar-refractivity contribution in [1.29, 1.82) is 0 Å². The molecule has 1 amide bonds. The van der Waals surface area contributed by atoms with Crippen molar-refractivity contribution in [3.8, 4) is 5.75 Å². The number of rotatable bonds is 7. The van der Waals surface area contributed by atoms with Crippen LogP contribution in [0, 0.1) is 6.92 Å². The number of para-hydroxylation sites is 1. The van der Waals surface area contributed by atoms with Gasteiger partial charge in [-0.3, -0.25) is 4.79 Å². The van der Waals surface area contributed by atoms with E-state index in [2.05, 4.69) is 0 Å². The minimum Gasteiger partial charge on any atom is -0.492 e. The zero-order valence-electron chi connectivity index (χ0n) is 15.0. The van der Waals surface area contributed by atoms with Crippen molar-refractivity contribution in [1.82, 2.24) is 4.90 Å². The lowest BCUT2D eigenvalue weighted by molar-refractivity contribution is 0.0493. The molecule has 1 saturated heterocycles. The molecule has 4 nitrogen and oxygen atoms in total. The Labute approximate surface area is 159 Å². The van der Waals surface area contributed by atoms with E-state index in [1.54, 1.807) is 11.0 Å². The van der Waals surface area contributed by atoms with Crippen LogP contribution in [-0.4, -0.2) is 43.2 Å². The number of nitrogens with zero attached hydrogens (tertiary/aromatic N) is 1. The number of benzene rings is 2. The maximum absolute atomic E-state index is 13.0. The average Bonchev–Trinajstić information content (AvgIpc) is 3.16. The minimum atomic E-state index is -0.0425. The normalized spacial score (nSPS) is 16.5. The van der Waals surface area contributed by atoms with E-state index in [9.17, 15) is 4.79 Å². The fraction of sp³-hybridized carbons (Fsp3) is 0.381. The molecule has 26 heavy (non-hydrogen) atoms. The van der Waals surface area contributed by atoms with Crippen molar-refractivity contribution in [2.24, 2.45) is 0 Å². The van der Waals surface area contributed by atoms with Crippen molar-refractivity contribution in [3.05, 3.63) is 64.7 Å². The summed E-state index contributed by atoms with van der Waals surface area (Å²) in [6.45, 7) is 4.20. The minimum absolute atomic E-state index is 0.0425. The van der Waals surface area contributed by atoms with E-state index in [-0.39, 0.29) is 12.0 Å². The van der Waals surface area contributed by atoms with Crippen LogP contribution in [0.25, 0.3) is 0 Å². The first-order valence-electron chi connectivity index (χ1n) is 8.98. The SMILES string of the molecule is Cc1ccc(C(=O)N(CCOc2ccccc2)CC2CCCO2)cc1Cl. The number of carbonyl (C=O) groups excluding carboxylic acids is 1. The monoisotopic (exact) mass is 373 g/mol. The zero-order valence-corrected chi connectivity index (χ0v) is 15.7. The summed E-state index contributed by atoms with van der Waals surface area (Å²) >= 11 is 6.20. The Balaban J connectivity index is 1.67. The highest BCUT2D eigenvalue weighted by Crippen LogP contribution is 2.20. The summed E-state index contributed by atoms with van der Waals surface area (Å²) in [6.07, 6.45) is 2.12. The lowest BCUT2D eigenvalue weighted by Gasteiger charge is -2.26. The lowest BCUT2D eigenvalue weighted by Crippen LogP contribution is -2.40. The van der Waals surface area contributed by atoms with E-state index in [1.807, 2.05) is 49.4 Å². The van der Waals surface area contributed by atoms with Crippen molar-refractivity contribution >= 4 is 17.5 Å². The molecule has 1 fully saturated rings. The molecule has 1 aliphatic heterocycles. The first-order chi connectivity index (χ1) is 12.6. The van der Waals surface area contributed by atoms with E-state index >= 15 is 0 Å². The van der Waals surface area contributed by atoms with Gasteiger partial charge in [-0.15, -0.1) is 0 Å². The quantitative estimate of drug-likeness (QED) is 0.724. The van der Waals surface area contributed by atoms with Crippen molar-refractivity contribution < 1.29 is 14.3 Å². The van der Waals surface area contributed by atoms with Gasteiger partial charge in [-0.25, -0.2) is 0 Å². The number of halogens is 1. The molecule has 138 valence electrons. The second-order valence-electron chi connectivity index (χ2n) is 6.51. The molecule has 3 rings (SSSR count). The summed E-state index contributed by atoms with van der Waals surface area (Å²) in [6, 6.07) is 15.1. The predicted octanol–water partition coefficient (Wildman–Crippen LogP) is 4.35. The maximum atomic E-state index is 13.0. The molecule has 0 saturated carbocycles. The fourth-order valence-corrected chi connectivity index (χ4v) is 3.19. The first kappa shape index (κ1) is 18.7. The van der Waals surface area contributed by atoms with Crippen LogP contribution in [0.1, 0.15) is 28.8 Å². The molecule has 0 N–H and O–H groups in total. The topological polar surface area (TPSA) is 38.8 Å². The largest absolute Gasteiger partial charge is 0.492 e. The first-order valence-corrected chi connectivity index (χ1v) is 9.36. The summed E-state index contributed by atoms with van der Waals surface area (Å²) in [5.74, 6) is 0.759. The van der Waals surface area contributed by atoms with E-state index in [4.69, 9.17) is 21.1 Å². The van der Waals surface area contributed by atoms with Gasteiger partial charge in [0.25, 0.3) is 5.91 Å².